The summed E-state index contributed by atoms with van der Waals surface area (Å²) < 4.78 is 5.08. The monoisotopic (exact) mass is 330 g/mol. The largest absolute Gasteiger partial charge is 0.467 e. The van der Waals surface area contributed by atoms with E-state index in [-0.39, 0.29) is 12.6 Å². The van der Waals surface area contributed by atoms with Crippen LogP contribution in [0.15, 0.2) is 41.1 Å². The van der Waals surface area contributed by atoms with E-state index in [1.54, 1.807) is 18.3 Å². The lowest BCUT2D eigenvalue weighted by Crippen LogP contribution is -2.37. The van der Waals surface area contributed by atoms with Crippen molar-refractivity contribution in [2.24, 2.45) is 0 Å². The molecule has 1 aliphatic rings. The number of aliphatic hydroxyl groups excluding tert-OH is 1. The molecule has 24 heavy (non-hydrogen) atoms. The van der Waals surface area contributed by atoms with E-state index in [2.05, 4.69) is 20.5 Å². The molecule has 1 aliphatic heterocycles. The summed E-state index contributed by atoms with van der Waals surface area (Å²) in [5.41, 5.74) is 0.930. The maximum Gasteiger partial charge on any atom is 0.315 e. The summed E-state index contributed by atoms with van der Waals surface area (Å²) in [5, 5.41) is 15.2. The van der Waals surface area contributed by atoms with Crippen LogP contribution in [0.3, 0.4) is 0 Å². The standard InChI is InChI=1S/C17H22N4O3/c22-14(15-4-3-9-24-15)12-20-17(23)19-11-13-5-6-16(18-10-13)21-7-1-2-8-21/h3-6,9-10,14,22H,1-2,7-8,11-12H2,(H2,19,20,23). The molecule has 0 aromatic carbocycles. The predicted octanol–water partition coefficient (Wildman–Crippen LogP) is 1.81. The lowest BCUT2D eigenvalue weighted by Gasteiger charge is -2.16. The maximum absolute atomic E-state index is 11.8. The first-order chi connectivity index (χ1) is 11.7. The molecule has 3 rings (SSSR count). The van der Waals surface area contributed by atoms with Gasteiger partial charge in [0.05, 0.1) is 12.8 Å². The van der Waals surface area contributed by atoms with E-state index >= 15 is 0 Å². The van der Waals surface area contributed by atoms with Crippen molar-refractivity contribution in [3.63, 3.8) is 0 Å². The van der Waals surface area contributed by atoms with Crippen LogP contribution >= 0.6 is 0 Å². The molecule has 0 bridgehead atoms. The Hall–Kier alpha value is -2.54. The smallest absolute Gasteiger partial charge is 0.315 e. The second kappa shape index (κ2) is 7.83. The zero-order valence-electron chi connectivity index (χ0n) is 13.4. The minimum Gasteiger partial charge on any atom is -0.467 e. The van der Waals surface area contributed by atoms with Crippen molar-refractivity contribution in [2.45, 2.75) is 25.5 Å². The normalized spacial score (nSPS) is 15.3. The third-order valence-corrected chi connectivity index (χ3v) is 4.02. The average Bonchev–Trinajstić information content (AvgIpc) is 3.31. The fraction of sp³-hybridized carbons (Fsp3) is 0.412. The molecular weight excluding hydrogens is 308 g/mol. The van der Waals surface area contributed by atoms with Crippen LogP contribution in [0.25, 0.3) is 0 Å². The van der Waals surface area contributed by atoms with E-state index in [9.17, 15) is 9.90 Å². The number of nitrogens with zero attached hydrogens (tertiary/aromatic N) is 2. The predicted molar refractivity (Wildman–Crippen MR) is 89.6 cm³/mol. The van der Waals surface area contributed by atoms with Crippen molar-refractivity contribution < 1.29 is 14.3 Å². The van der Waals surface area contributed by atoms with Gasteiger partial charge in [-0.05, 0) is 36.6 Å². The molecule has 3 N–H and O–H groups in total. The van der Waals surface area contributed by atoms with Gasteiger partial charge in [0.25, 0.3) is 0 Å². The van der Waals surface area contributed by atoms with Gasteiger partial charge in [-0.3, -0.25) is 0 Å². The van der Waals surface area contributed by atoms with Crippen LogP contribution in [0.5, 0.6) is 0 Å². The van der Waals surface area contributed by atoms with Crippen LogP contribution in [-0.4, -0.2) is 35.8 Å². The molecule has 1 saturated heterocycles. The van der Waals surface area contributed by atoms with E-state index in [1.165, 1.54) is 19.1 Å². The number of carbonyl (C=O) groups excluding carboxylic acids is 1. The Morgan fingerprint density at radius 3 is 2.79 bits per heavy atom. The number of nitrogens with one attached hydrogen (secondary N) is 2. The number of hydrogen-bond donors (Lipinski definition) is 3. The number of aliphatic hydroxyl groups is 1. The van der Waals surface area contributed by atoms with Gasteiger partial charge < -0.3 is 25.1 Å². The molecule has 1 unspecified atom stereocenters. The van der Waals surface area contributed by atoms with Gasteiger partial charge in [0, 0.05) is 25.8 Å². The third-order valence-electron chi connectivity index (χ3n) is 4.02. The van der Waals surface area contributed by atoms with Crippen molar-refractivity contribution in [3.05, 3.63) is 48.0 Å². The van der Waals surface area contributed by atoms with Crippen LogP contribution in [-0.2, 0) is 6.54 Å². The van der Waals surface area contributed by atoms with Crippen molar-refractivity contribution in [1.29, 1.82) is 0 Å². The molecule has 2 amide bonds. The first kappa shape index (κ1) is 16.3. The number of furan rings is 1. The van der Waals surface area contributed by atoms with Gasteiger partial charge in [0.15, 0.2) is 0 Å². The highest BCUT2D eigenvalue weighted by Gasteiger charge is 2.13. The zero-order valence-corrected chi connectivity index (χ0v) is 13.4. The van der Waals surface area contributed by atoms with E-state index in [1.807, 2.05) is 12.1 Å². The molecule has 1 fully saturated rings. The van der Waals surface area contributed by atoms with Gasteiger partial charge in [-0.1, -0.05) is 6.07 Å². The highest BCUT2D eigenvalue weighted by molar-refractivity contribution is 5.73. The van der Waals surface area contributed by atoms with E-state index in [4.69, 9.17) is 4.42 Å². The second-order valence-electron chi connectivity index (χ2n) is 5.81. The summed E-state index contributed by atoms with van der Waals surface area (Å²) in [5.74, 6) is 1.42. The summed E-state index contributed by atoms with van der Waals surface area (Å²) in [6, 6.07) is 6.97. The van der Waals surface area contributed by atoms with Gasteiger partial charge in [-0.25, -0.2) is 9.78 Å². The molecule has 0 spiro atoms. The van der Waals surface area contributed by atoms with Crippen LogP contribution in [0.4, 0.5) is 10.6 Å². The van der Waals surface area contributed by atoms with Crippen LogP contribution in [0.2, 0.25) is 0 Å². The molecule has 0 aliphatic carbocycles. The second-order valence-corrected chi connectivity index (χ2v) is 5.81. The quantitative estimate of drug-likeness (QED) is 0.751. The number of pyridine rings is 1. The number of amides is 2. The van der Waals surface area contributed by atoms with Gasteiger partial charge in [0.2, 0.25) is 0 Å². The van der Waals surface area contributed by atoms with Crippen molar-refractivity contribution >= 4 is 11.8 Å². The Bertz CT molecular complexity index is 636. The number of aromatic nitrogens is 1. The van der Waals surface area contributed by atoms with Gasteiger partial charge >= 0.3 is 6.03 Å². The number of urea groups is 1. The number of anilines is 1. The van der Waals surface area contributed by atoms with Gasteiger partial charge in [-0.15, -0.1) is 0 Å². The highest BCUT2D eigenvalue weighted by Crippen LogP contribution is 2.17. The zero-order chi connectivity index (χ0) is 16.8. The summed E-state index contributed by atoms with van der Waals surface area (Å²) in [6.45, 7) is 2.59. The molecule has 7 heteroatoms. The van der Waals surface area contributed by atoms with Crippen LogP contribution in [0, 0.1) is 0 Å². The third kappa shape index (κ3) is 4.26. The van der Waals surface area contributed by atoms with E-state index < -0.39 is 6.10 Å². The molecule has 2 aromatic rings. The number of carbonyl (C=O) groups is 1. The average molecular weight is 330 g/mol. The lowest BCUT2D eigenvalue weighted by atomic mass is 10.2. The highest BCUT2D eigenvalue weighted by atomic mass is 16.4. The van der Waals surface area contributed by atoms with Crippen molar-refractivity contribution in [2.75, 3.05) is 24.5 Å². The molecule has 128 valence electrons. The lowest BCUT2D eigenvalue weighted by molar-refractivity contribution is 0.148. The SMILES string of the molecule is O=C(NCc1ccc(N2CCCC2)nc1)NCC(O)c1ccco1. The molecule has 7 nitrogen and oxygen atoms in total. The van der Waals surface area contributed by atoms with E-state index in [0.29, 0.717) is 12.3 Å². The molecule has 2 aromatic heterocycles. The van der Waals surface area contributed by atoms with Crippen LogP contribution in [0.1, 0.15) is 30.3 Å². The molecular formula is C17H22N4O3. The minimum absolute atomic E-state index is 0.0888. The molecule has 3 heterocycles. The van der Waals surface area contributed by atoms with Crippen LogP contribution < -0.4 is 15.5 Å². The topological polar surface area (TPSA) is 90.6 Å². The summed E-state index contributed by atoms with van der Waals surface area (Å²) in [7, 11) is 0. The Morgan fingerprint density at radius 1 is 1.29 bits per heavy atom. The minimum atomic E-state index is -0.854. The fourth-order valence-electron chi connectivity index (χ4n) is 2.67. The number of rotatable bonds is 6. The number of hydrogen-bond acceptors (Lipinski definition) is 5. The summed E-state index contributed by atoms with van der Waals surface area (Å²) in [4.78, 5) is 18.5. The Balaban J connectivity index is 1.41. The first-order valence-corrected chi connectivity index (χ1v) is 8.15. The summed E-state index contributed by atoms with van der Waals surface area (Å²) in [6.07, 6.45) is 4.85. The molecule has 0 saturated carbocycles. The molecule has 0 radical (unpaired) electrons. The van der Waals surface area contributed by atoms with E-state index in [0.717, 1.165) is 24.5 Å². The van der Waals surface area contributed by atoms with Crippen molar-refractivity contribution in [1.82, 2.24) is 15.6 Å². The van der Waals surface area contributed by atoms with Gasteiger partial charge in [0.1, 0.15) is 17.7 Å². The maximum atomic E-state index is 11.8. The Morgan fingerprint density at radius 2 is 2.12 bits per heavy atom. The first-order valence-electron chi connectivity index (χ1n) is 8.15. The Labute approximate surface area is 140 Å². The van der Waals surface area contributed by atoms with Gasteiger partial charge in [-0.2, -0.15) is 0 Å². The fourth-order valence-corrected chi connectivity index (χ4v) is 2.67. The Kier molecular flexibility index (Phi) is 5.32. The molecule has 1 atom stereocenters. The summed E-state index contributed by atoms with van der Waals surface area (Å²) >= 11 is 0. The van der Waals surface area contributed by atoms with Crippen molar-refractivity contribution in [3.8, 4) is 0 Å².